The van der Waals surface area contributed by atoms with Crippen LogP contribution in [0.1, 0.15) is 6.92 Å². The fourth-order valence-corrected chi connectivity index (χ4v) is 1.09. The Morgan fingerprint density at radius 2 is 2.00 bits per heavy atom. The molecular formula is C5H10MtO6S. The van der Waals surface area contributed by atoms with Gasteiger partial charge in [0.1, 0.15) is 18.5 Å². The summed E-state index contributed by atoms with van der Waals surface area (Å²) >= 11 is 0. The summed E-state index contributed by atoms with van der Waals surface area (Å²) in [7, 11) is -4.21. The summed E-state index contributed by atoms with van der Waals surface area (Å²) in [5.41, 5.74) is 0. The van der Waals surface area contributed by atoms with Crippen molar-refractivity contribution in [2.45, 2.75) is 13.0 Å². The summed E-state index contributed by atoms with van der Waals surface area (Å²) in [6.07, 6.45) is -1.39. The SMILES string of the molecule is CC(=O)OCC(O)CS(=O)(=O)O.[Mt]. The maximum atomic E-state index is 10.2. The molecule has 0 aliphatic rings. The largest absolute Gasteiger partial charge is 0.463 e. The topological polar surface area (TPSA) is 101 Å². The van der Waals surface area contributed by atoms with Gasteiger partial charge in [0, 0.05) is 6.92 Å². The van der Waals surface area contributed by atoms with E-state index in [2.05, 4.69) is 4.74 Å². The first kappa shape index (κ1) is 13.9. The van der Waals surface area contributed by atoms with Crippen molar-refractivity contribution in [1.82, 2.24) is 0 Å². The van der Waals surface area contributed by atoms with E-state index in [1.54, 1.807) is 0 Å². The first-order chi connectivity index (χ1) is 5.31. The molecule has 0 aromatic carbocycles. The number of carbonyl (C=O) groups is 1. The van der Waals surface area contributed by atoms with Crippen LogP contribution < -0.4 is 0 Å². The standard InChI is InChI=1S/C5H10O6S.Mt/c1-4(6)11-2-5(7)3-12(8,9)10;/h5,7H,2-3H2,1H3,(H,8,9,10);. The smallest absolute Gasteiger partial charge is 0.302 e. The summed E-state index contributed by atoms with van der Waals surface area (Å²) in [5.74, 6) is -1.45. The van der Waals surface area contributed by atoms with E-state index in [9.17, 15) is 13.2 Å². The zero-order valence-corrected chi connectivity index (χ0v) is 14.5. The molecule has 2 N–H and O–H groups in total. The Kier molecular flexibility index (Phi) is 5.42. The molecule has 0 aromatic rings. The second-order valence-corrected chi connectivity index (χ2v) is 3.70. The normalized spacial score (nSPS) is 12.8. The molecule has 0 fully saturated rings. The van der Waals surface area contributed by atoms with Gasteiger partial charge >= 0.3 is 5.97 Å². The van der Waals surface area contributed by atoms with Crippen LogP contribution in [0.15, 0.2) is 0 Å². The Balaban J connectivity index is 0. The molecule has 1 atom stereocenters. The van der Waals surface area contributed by atoms with Gasteiger partial charge in [0.2, 0.25) is 0 Å². The Morgan fingerprint density at radius 3 is 2.31 bits per heavy atom. The average Bonchev–Trinajstić information content (AvgIpc) is 1.79. The van der Waals surface area contributed by atoms with Crippen molar-refractivity contribution in [3.05, 3.63) is 0 Å². The van der Waals surface area contributed by atoms with Crippen LogP contribution in [0.4, 0.5) is 0 Å². The minimum Gasteiger partial charge on any atom is -0.463 e. The first-order valence-electron chi connectivity index (χ1n) is 3.08. The van der Waals surface area contributed by atoms with Crippen LogP contribution in [-0.4, -0.2) is 42.5 Å². The molecule has 0 radical (unpaired) electrons. The number of aliphatic hydroxyl groups excluding tert-OH is 1. The minimum absolute atomic E-state index is 0. The summed E-state index contributed by atoms with van der Waals surface area (Å²) in [5, 5.41) is 8.82. The minimum atomic E-state index is -4.21. The summed E-state index contributed by atoms with van der Waals surface area (Å²) < 4.78 is 32.8. The Labute approximate surface area is 69.9 Å². The zero-order chi connectivity index (χ0) is 9.78. The maximum Gasteiger partial charge on any atom is 0.302 e. The number of hydrogen-bond donors (Lipinski definition) is 2. The second kappa shape index (κ2) is 5.07. The number of hydrogen-bond acceptors (Lipinski definition) is 5. The van der Waals surface area contributed by atoms with E-state index >= 15 is 0 Å². The van der Waals surface area contributed by atoms with Crippen LogP contribution in [0, 0.1) is 0 Å². The van der Waals surface area contributed by atoms with Crippen molar-refractivity contribution < 1.29 is 27.6 Å². The molecule has 0 aliphatic carbocycles. The average molecular weight is 476 g/mol. The Bertz CT molecular complexity index is 248. The molecule has 74 valence electrons. The van der Waals surface area contributed by atoms with Gasteiger partial charge < -0.3 is 9.84 Å². The number of ether oxygens (including phenoxy) is 1. The van der Waals surface area contributed by atoms with Gasteiger partial charge in [0.25, 0.3) is 10.1 Å². The van der Waals surface area contributed by atoms with Gasteiger partial charge in [-0.2, -0.15) is 8.42 Å². The molecule has 1 unspecified atom stereocenters. The van der Waals surface area contributed by atoms with Gasteiger partial charge in [-0.25, -0.2) is 0 Å². The fourth-order valence-electron chi connectivity index (χ4n) is 0.505. The molecule has 0 rings (SSSR count). The van der Waals surface area contributed by atoms with Crippen molar-refractivity contribution in [3.63, 3.8) is 0 Å². The van der Waals surface area contributed by atoms with Crippen LogP contribution in [0.2, 0.25) is 0 Å². The van der Waals surface area contributed by atoms with Crippen molar-refractivity contribution in [2.75, 3.05) is 12.4 Å². The number of carbonyl (C=O) groups excluding carboxylic acids is 1. The second-order valence-electron chi connectivity index (χ2n) is 2.20. The zero-order valence-electron chi connectivity index (χ0n) is 7.13. The van der Waals surface area contributed by atoms with Crippen LogP contribution in [0.5, 0.6) is 0 Å². The van der Waals surface area contributed by atoms with Crippen LogP contribution in [0.25, 0.3) is 0 Å². The summed E-state index contributed by atoms with van der Waals surface area (Å²) in [4.78, 5) is 10.2. The van der Waals surface area contributed by atoms with E-state index in [4.69, 9.17) is 9.66 Å². The third-order valence-corrected chi connectivity index (χ3v) is 1.69. The van der Waals surface area contributed by atoms with E-state index in [1.807, 2.05) is 0 Å². The molecule has 0 aliphatic heterocycles. The molecule has 0 spiro atoms. The fraction of sp³-hybridized carbons (Fsp3) is 0.800. The van der Waals surface area contributed by atoms with Crippen LogP contribution in [0.3, 0.4) is 0 Å². The number of rotatable bonds is 4. The van der Waals surface area contributed by atoms with Gasteiger partial charge in [-0.15, -0.1) is 0 Å². The predicted octanol–water partition coefficient (Wildman–Crippen LogP) is -1.20. The summed E-state index contributed by atoms with van der Waals surface area (Å²) in [6, 6.07) is 0. The van der Waals surface area contributed by atoms with E-state index in [0.29, 0.717) is 0 Å². The molecule has 0 saturated heterocycles. The molecule has 0 aromatic heterocycles. The Morgan fingerprint density at radius 1 is 1.54 bits per heavy atom. The number of aliphatic hydroxyl groups is 1. The van der Waals surface area contributed by atoms with Crippen LogP contribution >= 0.6 is 0 Å². The first-order valence-corrected chi connectivity index (χ1v) is 4.69. The molecule has 8 heteroatoms. The predicted molar refractivity (Wildman–Crippen MR) is 39.1 cm³/mol. The van der Waals surface area contributed by atoms with Crippen molar-refractivity contribution in [1.29, 1.82) is 0 Å². The maximum absolute atomic E-state index is 10.2. The third kappa shape index (κ3) is 10.3. The molecule has 0 heterocycles. The van der Waals surface area contributed by atoms with Gasteiger partial charge in [-0.3, -0.25) is 9.35 Å². The van der Waals surface area contributed by atoms with Gasteiger partial charge in [0.15, 0.2) is 0 Å². The summed E-state index contributed by atoms with van der Waals surface area (Å²) in [6.45, 7) is 0.690. The quantitative estimate of drug-likeness (QED) is 0.391. The van der Waals surface area contributed by atoms with Gasteiger partial charge in [0.05, 0.1) is 0 Å². The third-order valence-electron chi connectivity index (χ3n) is 0.882. The Hall–Kier alpha value is -1.66. The van der Waals surface area contributed by atoms with Crippen molar-refractivity contribution >= 4 is 16.1 Å². The molecule has 13 heavy (non-hydrogen) atoms. The molecule has 0 bridgehead atoms. The molecule has 0 saturated carbocycles. The van der Waals surface area contributed by atoms with E-state index in [1.165, 1.54) is 0 Å². The van der Waals surface area contributed by atoms with Crippen LogP contribution in [-0.2, 0) is 19.6 Å². The molecule has 0 amide bonds. The van der Waals surface area contributed by atoms with Gasteiger partial charge in [-0.05, 0) is 0 Å². The van der Waals surface area contributed by atoms with E-state index in [-0.39, 0.29) is 0 Å². The number of esters is 1. The van der Waals surface area contributed by atoms with Crippen molar-refractivity contribution in [2.24, 2.45) is 0 Å². The van der Waals surface area contributed by atoms with E-state index in [0.717, 1.165) is 6.92 Å². The molecular weight excluding hydrogens is 466 g/mol. The van der Waals surface area contributed by atoms with E-state index < -0.39 is 34.6 Å². The van der Waals surface area contributed by atoms with Gasteiger partial charge in [-0.1, -0.05) is 0 Å². The monoisotopic (exact) mass is 476 g/mol. The molecule has 6 nitrogen and oxygen atoms in total. The van der Waals surface area contributed by atoms with Crippen molar-refractivity contribution in [3.8, 4) is 0 Å².